The van der Waals surface area contributed by atoms with Gasteiger partial charge in [-0.3, -0.25) is 9.59 Å². The maximum absolute atomic E-state index is 12.1. The molecule has 0 radical (unpaired) electrons. The zero-order valence-corrected chi connectivity index (χ0v) is 15.0. The van der Waals surface area contributed by atoms with Gasteiger partial charge in [0.2, 0.25) is 11.8 Å². The topological polar surface area (TPSA) is 77.5 Å². The average Bonchev–Trinajstić information content (AvgIpc) is 3.08. The number of nitrogens with one attached hydrogen (secondary N) is 1. The highest BCUT2D eigenvalue weighted by molar-refractivity contribution is 5.89. The highest BCUT2D eigenvalue weighted by Gasteiger charge is 2.26. The van der Waals surface area contributed by atoms with E-state index in [2.05, 4.69) is 10.3 Å². The molecule has 0 aromatic heterocycles. The van der Waals surface area contributed by atoms with Crippen LogP contribution in [0.25, 0.3) is 0 Å². The lowest BCUT2D eigenvalue weighted by Crippen LogP contribution is -2.55. The predicted octanol–water partition coefficient (Wildman–Crippen LogP) is -0.637. The van der Waals surface area contributed by atoms with Gasteiger partial charge in [0.05, 0.1) is 12.6 Å². The molecule has 0 bridgehead atoms. The minimum Gasteiger partial charge on any atom is -0.376 e. The van der Waals surface area contributed by atoms with Crippen LogP contribution in [0.2, 0.25) is 0 Å². The summed E-state index contributed by atoms with van der Waals surface area (Å²) < 4.78 is 5.62. The Labute approximate surface area is 143 Å². The number of aliphatic imine (C=N–C) groups is 1. The molecule has 136 valence electrons. The minimum atomic E-state index is -0.0649. The third kappa shape index (κ3) is 5.09. The smallest absolute Gasteiger partial charge is 0.243 e. The minimum absolute atomic E-state index is 0.0649. The number of carbonyl (C=O) groups is 2. The van der Waals surface area contributed by atoms with Crippen molar-refractivity contribution in [3.8, 4) is 0 Å². The molecule has 1 N–H and O–H groups in total. The second kappa shape index (κ2) is 8.86. The van der Waals surface area contributed by atoms with E-state index in [1.54, 1.807) is 14.1 Å². The first-order chi connectivity index (χ1) is 11.5. The van der Waals surface area contributed by atoms with Crippen LogP contribution in [0.4, 0.5) is 0 Å². The van der Waals surface area contributed by atoms with Crippen molar-refractivity contribution in [2.45, 2.75) is 25.9 Å². The van der Waals surface area contributed by atoms with Crippen molar-refractivity contribution >= 4 is 17.8 Å². The Morgan fingerprint density at radius 2 is 2.21 bits per heavy atom. The second-order valence-corrected chi connectivity index (χ2v) is 6.34. The van der Waals surface area contributed by atoms with Crippen LogP contribution in [0.3, 0.4) is 0 Å². The van der Waals surface area contributed by atoms with Crippen molar-refractivity contribution < 1.29 is 14.3 Å². The third-order valence-electron chi connectivity index (χ3n) is 4.37. The second-order valence-electron chi connectivity index (χ2n) is 6.34. The van der Waals surface area contributed by atoms with Crippen LogP contribution >= 0.6 is 0 Å². The molecular weight excluding hydrogens is 310 g/mol. The summed E-state index contributed by atoms with van der Waals surface area (Å²) >= 11 is 0. The standard InChI is InChI=1S/C16H29N5O3/c1-4-20-7-8-21(12-15(20)23)16(18-11-14(22)19(2)3)17-10-13-6-5-9-24-13/h13H,4-12H2,1-3H3,(H,17,18). The summed E-state index contributed by atoms with van der Waals surface area (Å²) in [7, 11) is 3.42. The van der Waals surface area contributed by atoms with E-state index in [1.165, 1.54) is 4.90 Å². The Bertz CT molecular complexity index is 474. The number of ether oxygens (including phenoxy) is 1. The number of amides is 2. The number of rotatable bonds is 5. The van der Waals surface area contributed by atoms with Crippen LogP contribution < -0.4 is 5.32 Å². The van der Waals surface area contributed by atoms with Gasteiger partial charge in [0.25, 0.3) is 0 Å². The monoisotopic (exact) mass is 339 g/mol. The zero-order valence-electron chi connectivity index (χ0n) is 15.0. The van der Waals surface area contributed by atoms with E-state index >= 15 is 0 Å². The quantitative estimate of drug-likeness (QED) is 0.533. The summed E-state index contributed by atoms with van der Waals surface area (Å²) in [5.41, 5.74) is 0. The lowest BCUT2D eigenvalue weighted by Gasteiger charge is -2.35. The average molecular weight is 339 g/mol. The molecule has 1 unspecified atom stereocenters. The SMILES string of the molecule is CCN1CCN(C(=NCC(=O)N(C)C)NCC2CCCO2)CC1=O. The normalized spacial score (nSPS) is 22.0. The molecule has 2 heterocycles. The highest BCUT2D eigenvalue weighted by atomic mass is 16.5. The fraction of sp³-hybridized carbons (Fsp3) is 0.812. The third-order valence-corrected chi connectivity index (χ3v) is 4.37. The van der Waals surface area contributed by atoms with E-state index in [-0.39, 0.29) is 24.5 Å². The Balaban J connectivity index is 1.99. The number of piperazine rings is 1. The number of hydrogen-bond acceptors (Lipinski definition) is 4. The van der Waals surface area contributed by atoms with Crippen LogP contribution in [-0.2, 0) is 14.3 Å². The van der Waals surface area contributed by atoms with Gasteiger partial charge in [-0.25, -0.2) is 4.99 Å². The first kappa shape index (κ1) is 18.5. The molecule has 0 aromatic carbocycles. The van der Waals surface area contributed by atoms with E-state index < -0.39 is 0 Å². The van der Waals surface area contributed by atoms with Crippen LogP contribution in [0, 0.1) is 0 Å². The summed E-state index contributed by atoms with van der Waals surface area (Å²) in [4.78, 5) is 33.7. The van der Waals surface area contributed by atoms with Crippen LogP contribution in [0.1, 0.15) is 19.8 Å². The van der Waals surface area contributed by atoms with Gasteiger partial charge in [0.15, 0.2) is 5.96 Å². The van der Waals surface area contributed by atoms with Gasteiger partial charge in [0.1, 0.15) is 6.54 Å². The largest absolute Gasteiger partial charge is 0.376 e. The molecule has 0 spiro atoms. The molecule has 24 heavy (non-hydrogen) atoms. The van der Waals surface area contributed by atoms with Gasteiger partial charge < -0.3 is 24.8 Å². The van der Waals surface area contributed by atoms with Crippen molar-refractivity contribution in [1.29, 1.82) is 0 Å². The fourth-order valence-electron chi connectivity index (χ4n) is 2.79. The van der Waals surface area contributed by atoms with E-state index in [4.69, 9.17) is 4.74 Å². The number of nitrogens with zero attached hydrogens (tertiary/aromatic N) is 4. The Hall–Kier alpha value is -1.83. The molecule has 1 atom stereocenters. The Kier molecular flexibility index (Phi) is 6.84. The predicted molar refractivity (Wildman–Crippen MR) is 91.8 cm³/mol. The summed E-state index contributed by atoms with van der Waals surface area (Å²) in [6.07, 6.45) is 2.28. The fourth-order valence-corrected chi connectivity index (χ4v) is 2.79. The number of guanidine groups is 1. The molecule has 8 heteroatoms. The molecule has 2 aliphatic heterocycles. The van der Waals surface area contributed by atoms with Crippen molar-refractivity contribution in [1.82, 2.24) is 20.0 Å². The first-order valence-electron chi connectivity index (χ1n) is 8.64. The van der Waals surface area contributed by atoms with E-state index in [0.29, 0.717) is 32.1 Å². The maximum Gasteiger partial charge on any atom is 0.243 e. The lowest BCUT2D eigenvalue weighted by atomic mass is 10.2. The van der Waals surface area contributed by atoms with Crippen molar-refractivity contribution in [3.63, 3.8) is 0 Å². The molecule has 0 saturated carbocycles. The van der Waals surface area contributed by atoms with Crippen LogP contribution in [-0.4, -0.2) is 98.5 Å². The molecule has 8 nitrogen and oxygen atoms in total. The van der Waals surface area contributed by atoms with E-state index in [1.807, 2.05) is 16.7 Å². The van der Waals surface area contributed by atoms with Gasteiger partial charge in [0, 0.05) is 46.9 Å². The van der Waals surface area contributed by atoms with E-state index in [0.717, 1.165) is 26.0 Å². The van der Waals surface area contributed by atoms with E-state index in [9.17, 15) is 9.59 Å². The molecule has 2 saturated heterocycles. The zero-order chi connectivity index (χ0) is 17.5. The Morgan fingerprint density at radius 3 is 2.79 bits per heavy atom. The molecule has 2 rings (SSSR count). The maximum atomic E-state index is 12.1. The lowest BCUT2D eigenvalue weighted by molar-refractivity contribution is -0.134. The summed E-state index contributed by atoms with van der Waals surface area (Å²) in [6, 6.07) is 0. The van der Waals surface area contributed by atoms with Crippen LogP contribution in [0.5, 0.6) is 0 Å². The van der Waals surface area contributed by atoms with Gasteiger partial charge in [-0.05, 0) is 19.8 Å². The molecular formula is C16H29N5O3. The van der Waals surface area contributed by atoms with Crippen LogP contribution in [0.15, 0.2) is 4.99 Å². The molecule has 2 amide bonds. The van der Waals surface area contributed by atoms with Crippen molar-refractivity contribution in [2.75, 3.05) is 60.0 Å². The summed E-state index contributed by atoms with van der Waals surface area (Å²) in [6.45, 7) is 5.91. The van der Waals surface area contributed by atoms with Crippen molar-refractivity contribution in [3.05, 3.63) is 0 Å². The number of likely N-dealkylation sites (N-methyl/N-ethyl adjacent to an activating group) is 2. The van der Waals surface area contributed by atoms with Gasteiger partial charge in [-0.2, -0.15) is 0 Å². The molecule has 0 aliphatic carbocycles. The van der Waals surface area contributed by atoms with Gasteiger partial charge in [-0.1, -0.05) is 0 Å². The molecule has 2 fully saturated rings. The summed E-state index contributed by atoms with van der Waals surface area (Å²) in [5, 5.41) is 3.29. The first-order valence-corrected chi connectivity index (χ1v) is 8.64. The molecule has 2 aliphatic rings. The number of hydrogen-bond donors (Lipinski definition) is 1. The van der Waals surface area contributed by atoms with Crippen molar-refractivity contribution in [2.24, 2.45) is 4.99 Å². The van der Waals surface area contributed by atoms with Gasteiger partial charge in [-0.15, -0.1) is 0 Å². The van der Waals surface area contributed by atoms with Gasteiger partial charge >= 0.3 is 0 Å². The summed E-state index contributed by atoms with van der Waals surface area (Å²) in [5.74, 6) is 0.643. The number of carbonyl (C=O) groups excluding carboxylic acids is 2. The molecule has 0 aromatic rings. The highest BCUT2D eigenvalue weighted by Crippen LogP contribution is 2.11. The Morgan fingerprint density at radius 1 is 1.42 bits per heavy atom.